The molecule has 3 nitrogen and oxygen atoms in total. The van der Waals surface area contributed by atoms with E-state index in [2.05, 4.69) is 56.1 Å². The van der Waals surface area contributed by atoms with Crippen molar-refractivity contribution in [1.82, 2.24) is 4.98 Å². The summed E-state index contributed by atoms with van der Waals surface area (Å²) in [5.41, 5.74) is 2.75. The third kappa shape index (κ3) is 4.43. The van der Waals surface area contributed by atoms with Gasteiger partial charge in [0.25, 0.3) is 0 Å². The maximum atomic E-state index is 11.9. The molecule has 0 amide bonds. The summed E-state index contributed by atoms with van der Waals surface area (Å²) in [6.45, 7) is 7.72. The monoisotopic (exact) mass is 359 g/mol. The lowest BCUT2D eigenvalue weighted by Gasteiger charge is -2.33. The molecule has 27 heavy (non-hydrogen) atoms. The molecule has 0 spiro atoms. The second-order valence-electron chi connectivity index (χ2n) is 7.77. The van der Waals surface area contributed by atoms with Gasteiger partial charge < -0.3 is 4.74 Å². The summed E-state index contributed by atoms with van der Waals surface area (Å²) >= 11 is 0. The predicted molar refractivity (Wildman–Crippen MR) is 111 cm³/mol. The average molecular weight is 359 g/mol. The molecule has 0 fully saturated rings. The molecule has 0 saturated carbocycles. The number of hydrogen-bond acceptors (Lipinski definition) is 3. The normalized spacial score (nSPS) is 13.4. The highest BCUT2D eigenvalue weighted by molar-refractivity contribution is 5.99. The molecular weight excluding hydrogens is 334 g/mol. The Morgan fingerprint density at radius 1 is 1.04 bits per heavy atom. The zero-order valence-corrected chi connectivity index (χ0v) is 16.3. The molecule has 1 heterocycles. The number of hydrogen-bond donors (Lipinski definition) is 0. The standard InChI is InChI=1S/C24H25NO2/c1-17(26)27-23(24(2,3)4)22(15-18-9-8-14-25-16-18)21-13-7-11-19-10-5-6-12-20(19)21/h5-16,23H,1-4H3/b22-15-. The van der Waals surface area contributed by atoms with Crippen molar-refractivity contribution in [1.29, 1.82) is 0 Å². The van der Waals surface area contributed by atoms with E-state index in [1.165, 1.54) is 6.92 Å². The number of nitrogens with zero attached hydrogens (tertiary/aromatic N) is 1. The van der Waals surface area contributed by atoms with E-state index in [-0.39, 0.29) is 17.5 Å². The van der Waals surface area contributed by atoms with E-state index in [0.717, 1.165) is 27.5 Å². The van der Waals surface area contributed by atoms with E-state index in [9.17, 15) is 4.79 Å². The van der Waals surface area contributed by atoms with Crippen molar-refractivity contribution in [3.63, 3.8) is 0 Å². The summed E-state index contributed by atoms with van der Waals surface area (Å²) in [6, 6.07) is 18.4. The Morgan fingerprint density at radius 3 is 2.44 bits per heavy atom. The Labute approximate surface area is 160 Å². The molecular formula is C24H25NO2. The first-order chi connectivity index (χ1) is 12.9. The Morgan fingerprint density at radius 2 is 1.78 bits per heavy atom. The minimum absolute atomic E-state index is 0.267. The number of rotatable bonds is 4. The molecule has 3 heteroatoms. The highest BCUT2D eigenvalue weighted by atomic mass is 16.5. The van der Waals surface area contributed by atoms with Gasteiger partial charge in [0.15, 0.2) is 0 Å². The lowest BCUT2D eigenvalue weighted by molar-refractivity contribution is -0.147. The van der Waals surface area contributed by atoms with Crippen molar-refractivity contribution in [2.75, 3.05) is 0 Å². The number of carbonyl (C=O) groups is 1. The molecule has 138 valence electrons. The molecule has 3 rings (SSSR count). The lowest BCUT2D eigenvalue weighted by Crippen LogP contribution is -2.32. The minimum atomic E-state index is -0.388. The van der Waals surface area contributed by atoms with Crippen LogP contribution in [0.3, 0.4) is 0 Å². The van der Waals surface area contributed by atoms with Crippen molar-refractivity contribution >= 4 is 28.4 Å². The Balaban J connectivity index is 2.27. The van der Waals surface area contributed by atoms with Crippen molar-refractivity contribution in [2.45, 2.75) is 33.8 Å². The Hall–Kier alpha value is -2.94. The van der Waals surface area contributed by atoms with Crippen LogP contribution in [0.1, 0.15) is 38.8 Å². The van der Waals surface area contributed by atoms with Gasteiger partial charge in [-0.15, -0.1) is 0 Å². The molecule has 1 atom stereocenters. The molecule has 1 aromatic heterocycles. The topological polar surface area (TPSA) is 39.2 Å². The van der Waals surface area contributed by atoms with E-state index < -0.39 is 0 Å². The third-order valence-corrected chi connectivity index (χ3v) is 4.46. The average Bonchev–Trinajstić information content (AvgIpc) is 2.64. The number of pyridine rings is 1. The van der Waals surface area contributed by atoms with Gasteiger partial charge >= 0.3 is 5.97 Å². The second-order valence-corrected chi connectivity index (χ2v) is 7.77. The van der Waals surface area contributed by atoms with Crippen LogP contribution in [0, 0.1) is 5.41 Å². The van der Waals surface area contributed by atoms with Gasteiger partial charge in [0, 0.05) is 30.3 Å². The molecule has 2 aromatic carbocycles. The molecule has 0 aliphatic carbocycles. The van der Waals surface area contributed by atoms with E-state index in [0.29, 0.717) is 0 Å². The fourth-order valence-electron chi connectivity index (χ4n) is 3.29. The largest absolute Gasteiger partial charge is 0.457 e. The summed E-state index contributed by atoms with van der Waals surface area (Å²) in [7, 11) is 0. The summed E-state index contributed by atoms with van der Waals surface area (Å²) < 4.78 is 5.82. The predicted octanol–water partition coefficient (Wildman–Crippen LogP) is 5.75. The second kappa shape index (κ2) is 7.75. The van der Waals surface area contributed by atoms with Crippen LogP contribution in [-0.2, 0) is 9.53 Å². The third-order valence-electron chi connectivity index (χ3n) is 4.46. The highest BCUT2D eigenvalue weighted by Crippen LogP contribution is 2.38. The summed E-state index contributed by atoms with van der Waals surface area (Å²) in [6.07, 6.45) is 5.26. The van der Waals surface area contributed by atoms with Crippen LogP contribution >= 0.6 is 0 Å². The number of fused-ring (bicyclic) bond motifs is 1. The first-order valence-corrected chi connectivity index (χ1v) is 9.13. The van der Waals surface area contributed by atoms with Gasteiger partial charge in [0.2, 0.25) is 0 Å². The SMILES string of the molecule is CC(=O)OC(/C(=C\c1cccnc1)c1cccc2ccccc12)C(C)(C)C. The van der Waals surface area contributed by atoms with E-state index in [4.69, 9.17) is 4.74 Å². The quantitative estimate of drug-likeness (QED) is 0.557. The van der Waals surface area contributed by atoms with Crippen LogP contribution in [0.15, 0.2) is 67.0 Å². The molecule has 0 N–H and O–H groups in total. The van der Waals surface area contributed by atoms with Crippen molar-refractivity contribution in [3.8, 4) is 0 Å². The van der Waals surface area contributed by atoms with Gasteiger partial charge in [-0.2, -0.15) is 0 Å². The molecule has 0 saturated heterocycles. The fourth-order valence-corrected chi connectivity index (χ4v) is 3.29. The van der Waals surface area contributed by atoms with Crippen molar-refractivity contribution in [2.24, 2.45) is 5.41 Å². The van der Waals surface area contributed by atoms with Gasteiger partial charge in [-0.3, -0.25) is 9.78 Å². The van der Waals surface area contributed by atoms with Crippen molar-refractivity contribution in [3.05, 3.63) is 78.1 Å². The van der Waals surface area contributed by atoms with E-state index >= 15 is 0 Å². The smallest absolute Gasteiger partial charge is 0.303 e. The minimum Gasteiger partial charge on any atom is -0.457 e. The van der Waals surface area contributed by atoms with Gasteiger partial charge in [0.1, 0.15) is 6.10 Å². The molecule has 3 aromatic rings. The van der Waals surface area contributed by atoms with Crippen LogP contribution < -0.4 is 0 Å². The van der Waals surface area contributed by atoms with Gasteiger partial charge in [-0.05, 0) is 34.0 Å². The van der Waals surface area contributed by atoms with Crippen molar-refractivity contribution < 1.29 is 9.53 Å². The number of esters is 1. The van der Waals surface area contributed by atoms with Crippen LogP contribution in [0.5, 0.6) is 0 Å². The van der Waals surface area contributed by atoms with Crippen LogP contribution in [0.2, 0.25) is 0 Å². The Kier molecular flexibility index (Phi) is 5.41. The lowest BCUT2D eigenvalue weighted by atomic mass is 9.80. The molecule has 0 aliphatic heterocycles. The molecule has 0 bridgehead atoms. The zero-order valence-electron chi connectivity index (χ0n) is 16.3. The first-order valence-electron chi connectivity index (χ1n) is 9.13. The molecule has 1 unspecified atom stereocenters. The maximum absolute atomic E-state index is 11.9. The summed E-state index contributed by atoms with van der Waals surface area (Å²) in [4.78, 5) is 16.1. The zero-order chi connectivity index (χ0) is 19.4. The van der Waals surface area contributed by atoms with Crippen LogP contribution in [0.25, 0.3) is 22.4 Å². The van der Waals surface area contributed by atoms with E-state index in [1.54, 1.807) is 6.20 Å². The number of aromatic nitrogens is 1. The highest BCUT2D eigenvalue weighted by Gasteiger charge is 2.32. The van der Waals surface area contributed by atoms with Crippen LogP contribution in [0.4, 0.5) is 0 Å². The molecule has 0 radical (unpaired) electrons. The van der Waals surface area contributed by atoms with Crippen LogP contribution in [-0.4, -0.2) is 17.1 Å². The summed E-state index contributed by atoms with van der Waals surface area (Å²) in [5, 5.41) is 2.29. The molecule has 0 aliphatic rings. The van der Waals surface area contributed by atoms with Gasteiger partial charge in [-0.1, -0.05) is 69.3 Å². The van der Waals surface area contributed by atoms with Gasteiger partial charge in [-0.25, -0.2) is 0 Å². The maximum Gasteiger partial charge on any atom is 0.303 e. The van der Waals surface area contributed by atoms with Gasteiger partial charge in [0.05, 0.1) is 0 Å². The Bertz CT molecular complexity index is 963. The number of ether oxygens (including phenoxy) is 1. The summed E-state index contributed by atoms with van der Waals surface area (Å²) in [5.74, 6) is -0.285. The number of carbonyl (C=O) groups excluding carboxylic acids is 1. The fraction of sp³-hybridized carbons (Fsp3) is 0.250. The van der Waals surface area contributed by atoms with E-state index in [1.807, 2.05) is 36.5 Å². The first kappa shape index (κ1) is 18.8. The number of benzene rings is 2.